The highest BCUT2D eigenvalue weighted by Crippen LogP contribution is 2.31. The van der Waals surface area contributed by atoms with Crippen molar-refractivity contribution in [2.45, 2.75) is 0 Å². The zero-order chi connectivity index (χ0) is 14.8. The highest BCUT2D eigenvalue weighted by Gasteiger charge is 2.11. The zero-order valence-corrected chi connectivity index (χ0v) is 13.8. The van der Waals surface area contributed by atoms with Crippen molar-refractivity contribution in [3.05, 3.63) is 69.2 Å². The van der Waals surface area contributed by atoms with Gasteiger partial charge >= 0.3 is 0 Å². The van der Waals surface area contributed by atoms with Crippen LogP contribution in [0.25, 0.3) is 22.6 Å². The minimum absolute atomic E-state index is 0.384. The van der Waals surface area contributed by atoms with Gasteiger partial charge in [0.2, 0.25) is 0 Å². The van der Waals surface area contributed by atoms with Crippen LogP contribution >= 0.6 is 39.1 Å². The summed E-state index contributed by atoms with van der Waals surface area (Å²) < 4.78 is 0.909. The van der Waals surface area contributed by atoms with Gasteiger partial charge in [-0.3, -0.25) is 0 Å². The second kappa shape index (κ2) is 6.14. The first-order chi connectivity index (χ1) is 10.1. The van der Waals surface area contributed by atoms with Crippen molar-refractivity contribution < 1.29 is 0 Å². The van der Waals surface area contributed by atoms with Gasteiger partial charge in [-0.25, -0.2) is 9.97 Å². The van der Waals surface area contributed by atoms with E-state index in [9.17, 15) is 0 Å². The maximum Gasteiger partial charge on any atom is 0.163 e. The van der Waals surface area contributed by atoms with E-state index in [-0.39, 0.29) is 0 Å². The smallest absolute Gasteiger partial charge is 0.163 e. The van der Waals surface area contributed by atoms with Crippen molar-refractivity contribution >= 4 is 39.1 Å². The first kappa shape index (κ1) is 14.5. The topological polar surface area (TPSA) is 25.8 Å². The van der Waals surface area contributed by atoms with Gasteiger partial charge in [-0.15, -0.1) is 0 Å². The van der Waals surface area contributed by atoms with Crippen LogP contribution in [0, 0.1) is 0 Å². The quantitative estimate of drug-likeness (QED) is 0.519. The van der Waals surface area contributed by atoms with E-state index < -0.39 is 0 Å². The third-order valence-electron chi connectivity index (χ3n) is 2.93. The van der Waals surface area contributed by atoms with Crippen molar-refractivity contribution in [3.63, 3.8) is 0 Å². The first-order valence-electron chi connectivity index (χ1n) is 6.19. The molecule has 0 saturated carbocycles. The Hall–Kier alpha value is -1.42. The van der Waals surface area contributed by atoms with Crippen LogP contribution in [0.3, 0.4) is 0 Å². The maximum atomic E-state index is 6.24. The molecule has 0 spiro atoms. The Bertz CT molecular complexity index is 792. The van der Waals surface area contributed by atoms with Crippen molar-refractivity contribution in [3.8, 4) is 22.6 Å². The van der Waals surface area contributed by atoms with Gasteiger partial charge < -0.3 is 0 Å². The van der Waals surface area contributed by atoms with E-state index in [1.54, 1.807) is 12.1 Å². The van der Waals surface area contributed by atoms with Crippen molar-refractivity contribution in [1.29, 1.82) is 0 Å². The summed E-state index contributed by atoms with van der Waals surface area (Å²) >= 11 is 15.8. The molecule has 0 amide bonds. The van der Waals surface area contributed by atoms with Crippen LogP contribution in [-0.4, -0.2) is 9.97 Å². The molecule has 0 aliphatic carbocycles. The van der Waals surface area contributed by atoms with Crippen LogP contribution in [0.2, 0.25) is 10.2 Å². The average molecular weight is 380 g/mol. The summed E-state index contributed by atoms with van der Waals surface area (Å²) in [4.78, 5) is 8.86. The molecule has 0 radical (unpaired) electrons. The fourth-order valence-corrected chi connectivity index (χ4v) is 2.71. The summed E-state index contributed by atoms with van der Waals surface area (Å²) in [6.45, 7) is 0. The Labute approximate surface area is 140 Å². The van der Waals surface area contributed by atoms with Gasteiger partial charge in [-0.05, 0) is 18.2 Å². The van der Waals surface area contributed by atoms with Crippen LogP contribution in [-0.2, 0) is 0 Å². The predicted molar refractivity (Wildman–Crippen MR) is 90.6 cm³/mol. The van der Waals surface area contributed by atoms with Gasteiger partial charge in [-0.2, -0.15) is 0 Å². The maximum absolute atomic E-state index is 6.24. The summed E-state index contributed by atoms with van der Waals surface area (Å²) in [7, 11) is 0. The van der Waals surface area contributed by atoms with E-state index in [2.05, 4.69) is 25.9 Å². The number of nitrogens with zero attached hydrogens (tertiary/aromatic N) is 2. The molecule has 0 atom stereocenters. The molecule has 0 bridgehead atoms. The Morgan fingerprint density at radius 2 is 1.62 bits per heavy atom. The number of rotatable bonds is 2. The van der Waals surface area contributed by atoms with E-state index >= 15 is 0 Å². The van der Waals surface area contributed by atoms with E-state index in [4.69, 9.17) is 23.2 Å². The van der Waals surface area contributed by atoms with Crippen LogP contribution < -0.4 is 0 Å². The summed E-state index contributed by atoms with van der Waals surface area (Å²) in [6.07, 6.45) is 0. The molecule has 0 aliphatic heterocycles. The number of hydrogen-bond donors (Lipinski definition) is 0. The standard InChI is InChI=1S/C16H9BrCl2N2/c17-11-6-7-13(18)12(8-11)16-20-14(9-15(19)21-16)10-4-2-1-3-5-10/h1-9H. The number of hydrogen-bond acceptors (Lipinski definition) is 2. The van der Waals surface area contributed by atoms with Crippen LogP contribution in [0.4, 0.5) is 0 Å². The zero-order valence-electron chi connectivity index (χ0n) is 10.7. The van der Waals surface area contributed by atoms with Gasteiger partial charge in [-0.1, -0.05) is 69.5 Å². The molecular weight excluding hydrogens is 371 g/mol. The second-order valence-corrected chi connectivity index (χ2v) is 6.10. The Balaban J connectivity index is 2.16. The molecule has 21 heavy (non-hydrogen) atoms. The molecule has 0 saturated heterocycles. The minimum atomic E-state index is 0.384. The van der Waals surface area contributed by atoms with Crippen LogP contribution in [0.15, 0.2) is 59.1 Å². The third-order valence-corrected chi connectivity index (χ3v) is 3.95. The molecule has 0 aliphatic rings. The lowest BCUT2D eigenvalue weighted by molar-refractivity contribution is 1.18. The van der Waals surface area contributed by atoms with Gasteiger partial charge in [0, 0.05) is 21.7 Å². The highest BCUT2D eigenvalue weighted by molar-refractivity contribution is 9.10. The molecular formula is C16H9BrCl2N2. The monoisotopic (exact) mass is 378 g/mol. The molecule has 2 aromatic carbocycles. The number of benzene rings is 2. The lowest BCUT2D eigenvalue weighted by atomic mass is 10.1. The fraction of sp³-hybridized carbons (Fsp3) is 0. The minimum Gasteiger partial charge on any atom is -0.228 e. The Kier molecular flexibility index (Phi) is 4.24. The molecule has 1 heterocycles. The van der Waals surface area contributed by atoms with E-state index in [0.29, 0.717) is 16.0 Å². The molecule has 0 N–H and O–H groups in total. The fourth-order valence-electron chi connectivity index (χ4n) is 1.96. The average Bonchev–Trinajstić information content (AvgIpc) is 2.50. The molecule has 1 aromatic heterocycles. The summed E-state index contributed by atoms with van der Waals surface area (Å²) in [6, 6.07) is 17.1. The molecule has 2 nitrogen and oxygen atoms in total. The summed E-state index contributed by atoms with van der Waals surface area (Å²) in [5, 5.41) is 0.967. The van der Waals surface area contributed by atoms with Crippen LogP contribution in [0.1, 0.15) is 0 Å². The van der Waals surface area contributed by atoms with E-state index in [1.807, 2.05) is 42.5 Å². The largest absolute Gasteiger partial charge is 0.228 e. The summed E-state index contributed by atoms with van der Waals surface area (Å²) in [5.74, 6) is 0.507. The molecule has 0 unspecified atom stereocenters. The number of halogens is 3. The Morgan fingerprint density at radius 3 is 2.38 bits per heavy atom. The molecule has 0 fully saturated rings. The second-order valence-electron chi connectivity index (χ2n) is 4.39. The van der Waals surface area contributed by atoms with Gasteiger partial charge in [0.1, 0.15) is 5.15 Å². The SMILES string of the molecule is Clc1cc(-c2ccccc2)nc(-c2cc(Br)ccc2Cl)n1. The normalized spacial score (nSPS) is 10.6. The molecule has 5 heteroatoms. The lowest BCUT2D eigenvalue weighted by Gasteiger charge is -2.07. The highest BCUT2D eigenvalue weighted by atomic mass is 79.9. The molecule has 104 valence electrons. The summed E-state index contributed by atoms with van der Waals surface area (Å²) in [5.41, 5.74) is 2.49. The first-order valence-corrected chi connectivity index (χ1v) is 7.74. The molecule has 3 rings (SSSR count). The third kappa shape index (κ3) is 3.26. The van der Waals surface area contributed by atoms with Gasteiger partial charge in [0.05, 0.1) is 10.7 Å². The van der Waals surface area contributed by atoms with Crippen molar-refractivity contribution in [2.75, 3.05) is 0 Å². The van der Waals surface area contributed by atoms with Gasteiger partial charge in [0.25, 0.3) is 0 Å². The lowest BCUT2D eigenvalue weighted by Crippen LogP contribution is -1.94. The van der Waals surface area contributed by atoms with Gasteiger partial charge in [0.15, 0.2) is 5.82 Å². The van der Waals surface area contributed by atoms with Crippen LogP contribution in [0.5, 0.6) is 0 Å². The van der Waals surface area contributed by atoms with Crippen molar-refractivity contribution in [1.82, 2.24) is 9.97 Å². The van der Waals surface area contributed by atoms with Crippen molar-refractivity contribution in [2.24, 2.45) is 0 Å². The van der Waals surface area contributed by atoms with E-state index in [1.165, 1.54) is 0 Å². The number of aromatic nitrogens is 2. The van der Waals surface area contributed by atoms with E-state index in [0.717, 1.165) is 21.3 Å². The molecule has 3 aromatic rings. The predicted octanol–water partition coefficient (Wildman–Crippen LogP) is 5.88. The Morgan fingerprint density at radius 1 is 0.857 bits per heavy atom.